The highest BCUT2D eigenvalue weighted by atomic mass is 28.3. The molecule has 0 fully saturated rings. The lowest BCUT2D eigenvalue weighted by Gasteiger charge is -2.41. The SMILES string of the molecule is C[Si]1(C)c2ccccc2N(c2cc(-n3c4ccccc4c4ccccc43)c(-c3cc(C#N)c(N4c5ccccc5[Si](C)(C)c5ccccc54)cc3-n3c4ccccc4c4ccccc43)cn2)c2ccccc21. The molecule has 0 radical (unpaired) electrons. The molecule has 0 aliphatic carbocycles. The van der Waals surface area contributed by atoms with E-state index in [4.69, 9.17) is 4.98 Å². The van der Waals surface area contributed by atoms with Crippen LogP contribution in [0.5, 0.6) is 0 Å². The highest BCUT2D eigenvalue weighted by molar-refractivity contribution is 7.03. The fourth-order valence-electron chi connectivity index (χ4n) is 12.4. The second kappa shape index (κ2) is 15.6. The van der Waals surface area contributed by atoms with Crippen molar-refractivity contribution in [3.63, 3.8) is 0 Å². The first-order valence-electron chi connectivity index (χ1n) is 24.8. The summed E-state index contributed by atoms with van der Waals surface area (Å²) in [6.45, 7) is 9.80. The molecule has 72 heavy (non-hydrogen) atoms. The molecule has 8 heteroatoms. The van der Waals surface area contributed by atoms with E-state index in [1.807, 2.05) is 0 Å². The number of anilines is 6. The Balaban J connectivity index is 1.12. The summed E-state index contributed by atoms with van der Waals surface area (Å²) in [6, 6.07) is 79.8. The Bertz CT molecular complexity index is 4080. The van der Waals surface area contributed by atoms with Gasteiger partial charge in [-0.3, -0.25) is 4.90 Å². The Morgan fingerprint density at radius 1 is 0.361 bits per heavy atom. The predicted octanol–water partition coefficient (Wildman–Crippen LogP) is 14.0. The van der Waals surface area contributed by atoms with Crippen LogP contribution in [0.3, 0.4) is 0 Å². The zero-order valence-corrected chi connectivity index (χ0v) is 42.5. The van der Waals surface area contributed by atoms with Crippen LogP contribution in [0.15, 0.2) is 219 Å². The van der Waals surface area contributed by atoms with E-state index in [9.17, 15) is 5.26 Å². The molecule has 2 aliphatic heterocycles. The quantitative estimate of drug-likeness (QED) is 0.161. The van der Waals surface area contributed by atoms with E-state index < -0.39 is 16.1 Å². The van der Waals surface area contributed by atoms with Crippen molar-refractivity contribution < 1.29 is 0 Å². The fourth-order valence-corrected chi connectivity index (χ4v) is 18.4. The normalized spacial score (nSPS) is 14.3. The summed E-state index contributed by atoms with van der Waals surface area (Å²) in [5.74, 6) is 0.823. The van der Waals surface area contributed by atoms with Crippen molar-refractivity contribution in [2.24, 2.45) is 0 Å². The van der Waals surface area contributed by atoms with Crippen LogP contribution in [0.4, 0.5) is 34.3 Å². The van der Waals surface area contributed by atoms with Crippen molar-refractivity contribution in [3.05, 3.63) is 224 Å². The molecule has 0 saturated heterocycles. The van der Waals surface area contributed by atoms with E-state index in [-0.39, 0.29) is 0 Å². The molecule has 0 amide bonds. The lowest BCUT2D eigenvalue weighted by molar-refractivity contribution is 1.12. The van der Waals surface area contributed by atoms with Gasteiger partial charge in [0.1, 0.15) is 28.0 Å². The minimum absolute atomic E-state index is 0.573. The maximum absolute atomic E-state index is 11.7. The molecule has 3 aromatic heterocycles. The summed E-state index contributed by atoms with van der Waals surface area (Å²) in [6.07, 6.45) is 2.07. The zero-order chi connectivity index (χ0) is 48.5. The van der Waals surface area contributed by atoms with Crippen LogP contribution in [0, 0.1) is 11.3 Å². The molecule has 9 aromatic carbocycles. The van der Waals surface area contributed by atoms with Gasteiger partial charge in [-0.1, -0.05) is 172 Å². The highest BCUT2D eigenvalue weighted by Crippen LogP contribution is 2.48. The second-order valence-corrected chi connectivity index (χ2v) is 28.9. The lowest BCUT2D eigenvalue weighted by atomic mass is 9.97. The number of nitrogens with zero attached hydrogens (tertiary/aromatic N) is 6. The second-order valence-electron chi connectivity index (χ2n) is 20.3. The monoisotopic (exact) mass is 956 g/mol. The maximum Gasteiger partial charge on any atom is 0.139 e. The Morgan fingerprint density at radius 2 is 0.708 bits per heavy atom. The van der Waals surface area contributed by atoms with Gasteiger partial charge in [-0.15, -0.1) is 0 Å². The molecule has 342 valence electrons. The van der Waals surface area contributed by atoms with E-state index in [0.717, 1.165) is 89.6 Å². The average molecular weight is 957 g/mol. The Hall–Kier alpha value is -8.75. The molecule has 0 N–H and O–H groups in total. The van der Waals surface area contributed by atoms with Gasteiger partial charge in [0.25, 0.3) is 0 Å². The molecular weight excluding hydrogens is 909 g/mol. The number of hydrogen-bond acceptors (Lipinski definition) is 4. The van der Waals surface area contributed by atoms with Crippen LogP contribution < -0.4 is 30.5 Å². The summed E-state index contributed by atoms with van der Waals surface area (Å²) < 4.78 is 4.84. The number of pyridine rings is 1. The molecule has 5 heterocycles. The van der Waals surface area contributed by atoms with Crippen molar-refractivity contribution in [1.29, 1.82) is 5.26 Å². The van der Waals surface area contributed by atoms with E-state index in [1.165, 1.54) is 31.5 Å². The van der Waals surface area contributed by atoms with Gasteiger partial charge in [0, 0.05) is 67.7 Å². The van der Waals surface area contributed by atoms with Gasteiger partial charge in [-0.25, -0.2) is 4.98 Å². The van der Waals surface area contributed by atoms with Crippen LogP contribution in [-0.2, 0) is 0 Å². The average Bonchev–Trinajstić information content (AvgIpc) is 3.94. The summed E-state index contributed by atoms with van der Waals surface area (Å²) in [4.78, 5) is 10.3. The molecule has 0 atom stereocenters. The maximum atomic E-state index is 11.7. The van der Waals surface area contributed by atoms with Crippen molar-refractivity contribution in [1.82, 2.24) is 14.1 Å². The van der Waals surface area contributed by atoms with Crippen LogP contribution in [0.2, 0.25) is 26.2 Å². The summed E-state index contributed by atoms with van der Waals surface area (Å²) in [5.41, 5.74) is 14.1. The molecule has 12 aromatic rings. The van der Waals surface area contributed by atoms with Gasteiger partial charge in [0.2, 0.25) is 0 Å². The third-order valence-electron chi connectivity index (χ3n) is 15.8. The molecule has 2 aliphatic rings. The van der Waals surface area contributed by atoms with Crippen LogP contribution in [0.1, 0.15) is 5.56 Å². The van der Waals surface area contributed by atoms with E-state index in [0.29, 0.717) is 5.56 Å². The highest BCUT2D eigenvalue weighted by Gasteiger charge is 2.41. The van der Waals surface area contributed by atoms with E-state index in [1.54, 1.807) is 0 Å². The number of fused-ring (bicyclic) bond motifs is 10. The van der Waals surface area contributed by atoms with Gasteiger partial charge in [-0.05, 0) is 81.4 Å². The molecule has 0 saturated carbocycles. The lowest BCUT2D eigenvalue weighted by Crippen LogP contribution is -2.58. The van der Waals surface area contributed by atoms with Crippen molar-refractivity contribution >= 4 is 115 Å². The Kier molecular flexibility index (Phi) is 9.15. The third-order valence-corrected chi connectivity index (χ3v) is 22.9. The number of rotatable bonds is 5. The molecule has 14 rings (SSSR count). The van der Waals surface area contributed by atoms with Crippen LogP contribution in [0.25, 0.3) is 66.1 Å². The van der Waals surface area contributed by atoms with Gasteiger partial charge in [-0.2, -0.15) is 5.26 Å². The predicted molar refractivity (Wildman–Crippen MR) is 306 cm³/mol. The van der Waals surface area contributed by atoms with Gasteiger partial charge < -0.3 is 14.0 Å². The standard InChI is InChI=1S/C64H48N6Si2/c1-71(2)60-33-17-13-29-53(60)69(54-30-14-18-34-61(54)71)57-38-58(67-49-25-9-5-21-43(49)44-22-6-10-26-50(44)67)47(37-42(57)40-65)48-41-66-64(39-59(48)68-51-27-11-7-23-45(51)46-24-8-12-28-52(46)68)70-55-31-15-19-35-62(55)72(3,4)63-36-20-16-32-56(63)70/h5-39,41H,1-4H3. The Labute approximate surface area is 420 Å². The first kappa shape index (κ1) is 42.2. The summed E-state index contributed by atoms with van der Waals surface area (Å²) >= 11 is 0. The van der Waals surface area contributed by atoms with Gasteiger partial charge >= 0.3 is 0 Å². The number of nitriles is 1. The minimum atomic E-state index is -2.14. The first-order chi connectivity index (χ1) is 35.2. The molecule has 0 spiro atoms. The number of aromatic nitrogens is 3. The van der Waals surface area contributed by atoms with Gasteiger partial charge in [0.05, 0.1) is 44.7 Å². The smallest absolute Gasteiger partial charge is 0.139 e. The number of benzene rings is 9. The number of hydrogen-bond donors (Lipinski definition) is 0. The van der Waals surface area contributed by atoms with Crippen molar-refractivity contribution in [2.75, 3.05) is 9.80 Å². The van der Waals surface area contributed by atoms with Crippen molar-refractivity contribution in [3.8, 4) is 28.6 Å². The van der Waals surface area contributed by atoms with E-state index in [2.05, 4.69) is 270 Å². The topological polar surface area (TPSA) is 53.0 Å². The number of para-hydroxylation sites is 8. The zero-order valence-electron chi connectivity index (χ0n) is 40.5. The first-order valence-corrected chi connectivity index (χ1v) is 30.8. The largest absolute Gasteiger partial charge is 0.309 e. The van der Waals surface area contributed by atoms with Crippen LogP contribution >= 0.6 is 0 Å². The minimum Gasteiger partial charge on any atom is -0.309 e. The van der Waals surface area contributed by atoms with E-state index >= 15 is 0 Å². The fraction of sp³-hybridized carbons (Fsp3) is 0.0625. The third kappa shape index (κ3) is 5.89. The molecular formula is C64H48N6Si2. The summed E-state index contributed by atoms with van der Waals surface area (Å²) in [5, 5.41) is 21.8. The molecule has 0 unspecified atom stereocenters. The van der Waals surface area contributed by atoms with Gasteiger partial charge in [0.15, 0.2) is 0 Å². The molecule has 0 bridgehead atoms. The Morgan fingerprint density at radius 3 is 1.11 bits per heavy atom. The van der Waals surface area contributed by atoms with Crippen LogP contribution in [-0.4, -0.2) is 30.3 Å². The van der Waals surface area contributed by atoms with Crippen molar-refractivity contribution in [2.45, 2.75) is 26.2 Å². The summed E-state index contributed by atoms with van der Waals surface area (Å²) in [7, 11) is -4.22. The molecule has 6 nitrogen and oxygen atoms in total.